The topological polar surface area (TPSA) is 52.9 Å². The van der Waals surface area contributed by atoms with Gasteiger partial charge in [-0.1, -0.05) is 12.8 Å². The van der Waals surface area contributed by atoms with Crippen LogP contribution in [-0.2, 0) is 4.79 Å². The second-order valence-electron chi connectivity index (χ2n) is 5.15. The van der Waals surface area contributed by atoms with E-state index >= 15 is 0 Å². The Balaban J connectivity index is 2.42. The van der Waals surface area contributed by atoms with E-state index < -0.39 is 11.6 Å². The lowest BCUT2D eigenvalue weighted by Crippen LogP contribution is -2.44. The number of nitriles is 1. The summed E-state index contributed by atoms with van der Waals surface area (Å²) < 4.78 is 13.4. The molecule has 1 fully saturated rings. The first-order chi connectivity index (χ1) is 7.44. The second kappa shape index (κ2) is 5.29. The van der Waals surface area contributed by atoms with Crippen LogP contribution in [-0.4, -0.2) is 18.1 Å². The van der Waals surface area contributed by atoms with E-state index in [-0.39, 0.29) is 18.4 Å². The minimum Gasteiger partial charge on any atom is -0.350 e. The molecule has 2 atom stereocenters. The molecule has 3 nitrogen and oxygen atoms in total. The van der Waals surface area contributed by atoms with Crippen molar-refractivity contribution in [1.29, 1.82) is 5.26 Å². The van der Waals surface area contributed by atoms with Crippen molar-refractivity contribution in [2.45, 2.75) is 58.2 Å². The number of nitrogens with one attached hydrogen (secondary N) is 1. The lowest BCUT2D eigenvalue weighted by atomic mass is 9.89. The molecule has 0 saturated heterocycles. The van der Waals surface area contributed by atoms with Crippen molar-refractivity contribution in [2.75, 3.05) is 0 Å². The first-order valence-corrected chi connectivity index (χ1v) is 5.79. The number of hydrogen-bond donors (Lipinski definition) is 1. The normalized spacial score (nSPS) is 25.9. The lowest BCUT2D eigenvalue weighted by molar-refractivity contribution is -0.123. The maximum absolute atomic E-state index is 13.4. The molecule has 1 aliphatic rings. The average Bonchev–Trinajstić information content (AvgIpc) is 2.21. The fourth-order valence-corrected chi connectivity index (χ4v) is 1.95. The number of carbonyl (C=O) groups excluding carboxylic acids is 1. The Morgan fingerprint density at radius 2 is 2.12 bits per heavy atom. The van der Waals surface area contributed by atoms with Gasteiger partial charge in [-0.25, -0.2) is 4.39 Å². The Hall–Kier alpha value is -1.11. The predicted molar refractivity (Wildman–Crippen MR) is 59.3 cm³/mol. The van der Waals surface area contributed by atoms with Crippen LogP contribution >= 0.6 is 0 Å². The third-order valence-corrected chi connectivity index (χ3v) is 2.93. The fraction of sp³-hybridized carbons (Fsp3) is 0.833. The largest absolute Gasteiger partial charge is 0.350 e. The molecule has 1 rings (SSSR count). The van der Waals surface area contributed by atoms with E-state index in [2.05, 4.69) is 11.4 Å². The van der Waals surface area contributed by atoms with Gasteiger partial charge in [-0.3, -0.25) is 4.79 Å². The molecular weight excluding hydrogens is 207 g/mol. The van der Waals surface area contributed by atoms with Crippen molar-refractivity contribution in [3.05, 3.63) is 0 Å². The van der Waals surface area contributed by atoms with Gasteiger partial charge in [0.1, 0.15) is 6.17 Å². The van der Waals surface area contributed by atoms with Crippen LogP contribution in [0.15, 0.2) is 0 Å². The van der Waals surface area contributed by atoms with E-state index in [9.17, 15) is 9.18 Å². The molecule has 1 saturated carbocycles. The third kappa shape index (κ3) is 3.80. The van der Waals surface area contributed by atoms with Crippen LogP contribution < -0.4 is 5.32 Å². The zero-order chi connectivity index (χ0) is 12.2. The number of alkyl halides is 1. The van der Waals surface area contributed by atoms with Gasteiger partial charge in [0.15, 0.2) is 0 Å². The molecular formula is C12H19FN2O. The summed E-state index contributed by atoms with van der Waals surface area (Å²) in [6, 6.07) is 1.71. The first-order valence-electron chi connectivity index (χ1n) is 5.79. The van der Waals surface area contributed by atoms with Gasteiger partial charge < -0.3 is 5.32 Å². The SMILES string of the molecule is CC(C)(C#N)CC(=O)N[C@@H]1CCCC[C@H]1F. The molecule has 0 aromatic heterocycles. The Morgan fingerprint density at radius 3 is 2.69 bits per heavy atom. The number of amides is 1. The molecule has 0 heterocycles. The molecule has 0 aromatic carbocycles. The molecule has 90 valence electrons. The quantitative estimate of drug-likeness (QED) is 0.803. The summed E-state index contributed by atoms with van der Waals surface area (Å²) in [7, 11) is 0. The highest BCUT2D eigenvalue weighted by Crippen LogP contribution is 2.23. The minimum atomic E-state index is -0.928. The molecule has 16 heavy (non-hydrogen) atoms. The van der Waals surface area contributed by atoms with E-state index in [0.717, 1.165) is 12.8 Å². The van der Waals surface area contributed by atoms with Gasteiger partial charge in [-0.05, 0) is 26.7 Å². The minimum absolute atomic E-state index is 0.132. The van der Waals surface area contributed by atoms with E-state index in [1.807, 2.05) is 0 Å². The van der Waals surface area contributed by atoms with Crippen LogP contribution in [0, 0.1) is 16.7 Å². The van der Waals surface area contributed by atoms with Crippen LogP contribution in [0.25, 0.3) is 0 Å². The Bertz CT molecular complexity index is 296. The number of nitrogens with zero attached hydrogens (tertiary/aromatic N) is 1. The van der Waals surface area contributed by atoms with Crippen LogP contribution in [0.4, 0.5) is 4.39 Å². The van der Waals surface area contributed by atoms with Gasteiger partial charge in [-0.2, -0.15) is 5.26 Å². The molecule has 1 N–H and O–H groups in total. The number of rotatable bonds is 3. The van der Waals surface area contributed by atoms with Crippen molar-refractivity contribution < 1.29 is 9.18 Å². The summed E-state index contributed by atoms with van der Waals surface area (Å²) in [6.07, 6.45) is 2.31. The lowest BCUT2D eigenvalue weighted by Gasteiger charge is -2.27. The summed E-state index contributed by atoms with van der Waals surface area (Å²) in [4.78, 5) is 11.6. The van der Waals surface area contributed by atoms with Gasteiger partial charge in [0, 0.05) is 6.42 Å². The van der Waals surface area contributed by atoms with Crippen molar-refractivity contribution in [3.8, 4) is 6.07 Å². The van der Waals surface area contributed by atoms with Crippen LogP contribution in [0.2, 0.25) is 0 Å². The van der Waals surface area contributed by atoms with Gasteiger partial charge in [0.2, 0.25) is 5.91 Å². The summed E-state index contributed by atoms with van der Waals surface area (Å²) in [5.74, 6) is -0.221. The van der Waals surface area contributed by atoms with Crippen molar-refractivity contribution in [3.63, 3.8) is 0 Å². The molecule has 0 unspecified atom stereocenters. The van der Waals surface area contributed by atoms with Crippen molar-refractivity contribution in [2.24, 2.45) is 5.41 Å². The summed E-state index contributed by atoms with van der Waals surface area (Å²) >= 11 is 0. The van der Waals surface area contributed by atoms with Crippen molar-refractivity contribution in [1.82, 2.24) is 5.32 Å². The Labute approximate surface area is 96.0 Å². The molecule has 0 aliphatic heterocycles. The number of carbonyl (C=O) groups is 1. The molecule has 0 radical (unpaired) electrons. The van der Waals surface area contributed by atoms with Crippen molar-refractivity contribution >= 4 is 5.91 Å². The van der Waals surface area contributed by atoms with Crippen LogP contribution in [0.1, 0.15) is 46.0 Å². The molecule has 1 amide bonds. The Kier molecular flexibility index (Phi) is 4.28. The second-order valence-corrected chi connectivity index (χ2v) is 5.15. The highest BCUT2D eigenvalue weighted by Gasteiger charge is 2.28. The maximum atomic E-state index is 13.4. The zero-order valence-corrected chi connectivity index (χ0v) is 9.92. The summed E-state index contributed by atoms with van der Waals surface area (Å²) in [6.45, 7) is 3.42. The van der Waals surface area contributed by atoms with Gasteiger partial charge in [0.25, 0.3) is 0 Å². The number of hydrogen-bond acceptors (Lipinski definition) is 2. The standard InChI is InChI=1S/C12H19FN2O/c1-12(2,8-14)7-11(16)15-10-6-4-3-5-9(10)13/h9-10H,3-7H2,1-2H3,(H,15,16)/t9-,10-/m1/s1. The average molecular weight is 226 g/mol. The Morgan fingerprint density at radius 1 is 1.50 bits per heavy atom. The molecule has 4 heteroatoms. The van der Waals surface area contributed by atoms with E-state index in [4.69, 9.17) is 5.26 Å². The molecule has 0 spiro atoms. The highest BCUT2D eigenvalue weighted by molar-refractivity contribution is 5.77. The highest BCUT2D eigenvalue weighted by atomic mass is 19.1. The van der Waals surface area contributed by atoms with E-state index in [1.165, 1.54) is 0 Å². The smallest absolute Gasteiger partial charge is 0.221 e. The summed E-state index contributed by atoms with van der Waals surface area (Å²) in [5.41, 5.74) is -0.676. The van der Waals surface area contributed by atoms with Crippen LogP contribution in [0.3, 0.4) is 0 Å². The first kappa shape index (κ1) is 13.0. The molecule has 0 bridgehead atoms. The van der Waals surface area contributed by atoms with Crippen LogP contribution in [0.5, 0.6) is 0 Å². The number of halogens is 1. The van der Waals surface area contributed by atoms with Gasteiger partial charge >= 0.3 is 0 Å². The maximum Gasteiger partial charge on any atom is 0.221 e. The zero-order valence-electron chi connectivity index (χ0n) is 9.92. The van der Waals surface area contributed by atoms with Gasteiger partial charge in [-0.15, -0.1) is 0 Å². The molecule has 0 aromatic rings. The summed E-state index contributed by atoms with van der Waals surface area (Å²) in [5, 5.41) is 11.5. The molecule has 1 aliphatic carbocycles. The monoisotopic (exact) mass is 226 g/mol. The third-order valence-electron chi connectivity index (χ3n) is 2.93. The van der Waals surface area contributed by atoms with E-state index in [1.54, 1.807) is 13.8 Å². The fourth-order valence-electron chi connectivity index (χ4n) is 1.95. The van der Waals surface area contributed by atoms with E-state index in [0.29, 0.717) is 12.8 Å². The predicted octanol–water partition coefficient (Wildman–Crippen LogP) is 2.32. The van der Waals surface area contributed by atoms with Gasteiger partial charge in [0.05, 0.1) is 17.5 Å².